The van der Waals surface area contributed by atoms with Crippen LogP contribution in [0, 0.1) is 5.41 Å². The van der Waals surface area contributed by atoms with Gasteiger partial charge in [0.2, 0.25) is 11.8 Å². The zero-order chi connectivity index (χ0) is 14.3. The Morgan fingerprint density at radius 3 is 2.28 bits per heavy atom. The number of carbonyl (C=O) groups is 2. The third-order valence-corrected chi connectivity index (χ3v) is 2.50. The second kappa shape index (κ2) is 7.33. The van der Waals surface area contributed by atoms with Crippen molar-refractivity contribution in [2.45, 2.75) is 46.3 Å². The van der Waals surface area contributed by atoms with Crippen LogP contribution in [0.25, 0.3) is 0 Å². The van der Waals surface area contributed by atoms with Crippen molar-refractivity contribution in [1.82, 2.24) is 10.6 Å². The molecule has 0 unspecified atom stereocenters. The van der Waals surface area contributed by atoms with Crippen molar-refractivity contribution < 1.29 is 19.8 Å². The number of hydrogen-bond donors (Lipinski definition) is 4. The summed E-state index contributed by atoms with van der Waals surface area (Å²) in [7, 11) is 0. The van der Waals surface area contributed by atoms with Gasteiger partial charge in [-0.3, -0.25) is 9.59 Å². The molecule has 0 aliphatic carbocycles. The molecule has 0 fully saturated rings. The van der Waals surface area contributed by atoms with Gasteiger partial charge in [0.1, 0.15) is 6.10 Å². The molecule has 106 valence electrons. The van der Waals surface area contributed by atoms with Crippen LogP contribution in [-0.4, -0.2) is 47.3 Å². The first-order valence-corrected chi connectivity index (χ1v) is 6.06. The highest BCUT2D eigenvalue weighted by Crippen LogP contribution is 2.19. The first kappa shape index (κ1) is 16.9. The van der Waals surface area contributed by atoms with Gasteiger partial charge in [-0.2, -0.15) is 0 Å². The van der Waals surface area contributed by atoms with E-state index in [1.54, 1.807) is 13.8 Å². The van der Waals surface area contributed by atoms with Gasteiger partial charge in [0.15, 0.2) is 0 Å². The summed E-state index contributed by atoms with van der Waals surface area (Å²) < 4.78 is 0. The number of rotatable bonds is 7. The average Bonchev–Trinajstić information content (AvgIpc) is 2.26. The number of aliphatic hydroxyl groups is 2. The van der Waals surface area contributed by atoms with Crippen molar-refractivity contribution in [2.75, 3.05) is 13.2 Å². The van der Waals surface area contributed by atoms with Crippen LogP contribution >= 0.6 is 0 Å². The van der Waals surface area contributed by atoms with Crippen LogP contribution < -0.4 is 10.6 Å². The number of amides is 2. The Morgan fingerprint density at radius 1 is 1.28 bits per heavy atom. The third-order valence-electron chi connectivity index (χ3n) is 2.50. The van der Waals surface area contributed by atoms with E-state index in [-0.39, 0.29) is 31.5 Å². The molecule has 2 amide bonds. The first-order chi connectivity index (χ1) is 8.20. The molecular weight excluding hydrogens is 236 g/mol. The maximum absolute atomic E-state index is 11.5. The molecule has 0 spiro atoms. The normalized spacial score (nSPS) is 13.3. The minimum absolute atomic E-state index is 0.0621. The minimum Gasteiger partial charge on any atom is -0.396 e. The Balaban J connectivity index is 4.01. The second-order valence-corrected chi connectivity index (χ2v) is 5.31. The maximum atomic E-state index is 11.5. The largest absolute Gasteiger partial charge is 0.396 e. The lowest BCUT2D eigenvalue weighted by Gasteiger charge is -2.27. The maximum Gasteiger partial charge on any atom is 0.249 e. The standard InChI is InChI=1S/C12H24N2O4/c1-8(2)14-9(16)5-6-13-11(18)10(17)12(3,4)7-15/h8,10,15,17H,5-7H2,1-4H3,(H,13,18)(H,14,16)/t10-/m1/s1. The number of nitrogens with one attached hydrogen (secondary N) is 2. The SMILES string of the molecule is CC(C)NC(=O)CCNC(=O)[C@@H](O)C(C)(C)CO. The molecule has 0 saturated heterocycles. The molecule has 0 aromatic heterocycles. The lowest BCUT2D eigenvalue weighted by Crippen LogP contribution is -2.46. The van der Waals surface area contributed by atoms with Crippen molar-refractivity contribution in [1.29, 1.82) is 0 Å². The van der Waals surface area contributed by atoms with Gasteiger partial charge in [-0.05, 0) is 13.8 Å². The molecule has 0 aliphatic heterocycles. The fourth-order valence-corrected chi connectivity index (χ4v) is 1.23. The Labute approximate surface area is 108 Å². The topological polar surface area (TPSA) is 98.7 Å². The van der Waals surface area contributed by atoms with E-state index in [2.05, 4.69) is 10.6 Å². The lowest BCUT2D eigenvalue weighted by molar-refractivity contribution is -0.137. The Morgan fingerprint density at radius 2 is 1.83 bits per heavy atom. The average molecular weight is 260 g/mol. The highest BCUT2D eigenvalue weighted by molar-refractivity contribution is 5.82. The van der Waals surface area contributed by atoms with E-state index in [1.165, 1.54) is 0 Å². The van der Waals surface area contributed by atoms with Gasteiger partial charge in [-0.15, -0.1) is 0 Å². The molecule has 0 saturated carbocycles. The summed E-state index contributed by atoms with van der Waals surface area (Å²) in [6, 6.07) is 0.0621. The van der Waals surface area contributed by atoms with Crippen LogP contribution in [0.1, 0.15) is 34.1 Å². The van der Waals surface area contributed by atoms with E-state index in [0.717, 1.165) is 0 Å². The first-order valence-electron chi connectivity index (χ1n) is 6.06. The van der Waals surface area contributed by atoms with Crippen LogP contribution in [0.15, 0.2) is 0 Å². The summed E-state index contributed by atoms with van der Waals surface area (Å²) in [5.74, 6) is -0.729. The molecule has 6 heteroatoms. The van der Waals surface area contributed by atoms with Crippen LogP contribution in [0.4, 0.5) is 0 Å². The van der Waals surface area contributed by atoms with Crippen molar-refractivity contribution in [2.24, 2.45) is 5.41 Å². The number of hydrogen-bond acceptors (Lipinski definition) is 4. The van der Waals surface area contributed by atoms with Gasteiger partial charge in [0, 0.05) is 24.4 Å². The summed E-state index contributed by atoms with van der Waals surface area (Å²) in [5, 5.41) is 23.9. The Bertz CT molecular complexity index is 290. The highest BCUT2D eigenvalue weighted by Gasteiger charge is 2.32. The monoisotopic (exact) mass is 260 g/mol. The minimum atomic E-state index is -1.30. The van der Waals surface area contributed by atoms with Gasteiger partial charge < -0.3 is 20.8 Å². The van der Waals surface area contributed by atoms with Crippen LogP contribution in [-0.2, 0) is 9.59 Å². The van der Waals surface area contributed by atoms with Crippen molar-refractivity contribution in [3.63, 3.8) is 0 Å². The molecule has 6 nitrogen and oxygen atoms in total. The lowest BCUT2D eigenvalue weighted by atomic mass is 9.87. The molecule has 0 heterocycles. The van der Waals surface area contributed by atoms with Crippen molar-refractivity contribution >= 4 is 11.8 Å². The quantitative estimate of drug-likeness (QED) is 0.491. The Hall–Kier alpha value is -1.14. The van der Waals surface area contributed by atoms with Gasteiger partial charge in [-0.1, -0.05) is 13.8 Å². The second-order valence-electron chi connectivity index (χ2n) is 5.31. The summed E-state index contributed by atoms with van der Waals surface area (Å²) in [6.45, 7) is 6.74. The molecule has 0 aliphatic rings. The van der Waals surface area contributed by atoms with Crippen LogP contribution in [0.3, 0.4) is 0 Å². The van der Waals surface area contributed by atoms with E-state index in [4.69, 9.17) is 5.11 Å². The Kier molecular flexibility index (Phi) is 6.86. The molecule has 4 N–H and O–H groups in total. The molecule has 0 aromatic rings. The molecule has 0 aromatic carbocycles. The molecule has 0 bridgehead atoms. The van der Waals surface area contributed by atoms with Crippen molar-refractivity contribution in [3.8, 4) is 0 Å². The summed E-state index contributed by atoms with van der Waals surface area (Å²) in [4.78, 5) is 22.8. The van der Waals surface area contributed by atoms with Gasteiger partial charge >= 0.3 is 0 Å². The summed E-state index contributed by atoms with van der Waals surface area (Å²) in [5.41, 5.74) is -0.899. The van der Waals surface area contributed by atoms with Gasteiger partial charge in [0.05, 0.1) is 6.61 Å². The smallest absolute Gasteiger partial charge is 0.249 e. The number of aliphatic hydroxyl groups excluding tert-OH is 2. The molecule has 0 radical (unpaired) electrons. The summed E-state index contributed by atoms with van der Waals surface area (Å²) in [6.07, 6.45) is -1.13. The van der Waals surface area contributed by atoms with Crippen LogP contribution in [0.5, 0.6) is 0 Å². The third kappa shape index (κ3) is 5.97. The molecule has 18 heavy (non-hydrogen) atoms. The van der Waals surface area contributed by atoms with Crippen molar-refractivity contribution in [3.05, 3.63) is 0 Å². The van der Waals surface area contributed by atoms with Crippen LogP contribution in [0.2, 0.25) is 0 Å². The zero-order valence-corrected chi connectivity index (χ0v) is 11.5. The van der Waals surface area contributed by atoms with E-state index < -0.39 is 17.4 Å². The zero-order valence-electron chi connectivity index (χ0n) is 11.5. The van der Waals surface area contributed by atoms with E-state index in [1.807, 2.05) is 13.8 Å². The summed E-state index contributed by atoms with van der Waals surface area (Å²) >= 11 is 0. The fraction of sp³-hybridized carbons (Fsp3) is 0.833. The molecule has 1 atom stereocenters. The number of carbonyl (C=O) groups excluding carboxylic acids is 2. The predicted octanol–water partition coefficient (Wildman–Crippen LogP) is -0.603. The van der Waals surface area contributed by atoms with Gasteiger partial charge in [-0.25, -0.2) is 0 Å². The fourth-order valence-electron chi connectivity index (χ4n) is 1.23. The van der Waals surface area contributed by atoms with E-state index in [9.17, 15) is 14.7 Å². The van der Waals surface area contributed by atoms with E-state index in [0.29, 0.717) is 0 Å². The highest BCUT2D eigenvalue weighted by atomic mass is 16.3. The van der Waals surface area contributed by atoms with E-state index >= 15 is 0 Å². The predicted molar refractivity (Wildman–Crippen MR) is 67.8 cm³/mol. The molecular formula is C12H24N2O4. The molecule has 0 rings (SSSR count). The van der Waals surface area contributed by atoms with Gasteiger partial charge in [0.25, 0.3) is 0 Å².